The number of anilines is 2. The van der Waals surface area contributed by atoms with Gasteiger partial charge in [-0.1, -0.05) is 24.3 Å². The Balaban J connectivity index is 1.62. The molecular formula is C26H25F2N3O4. The summed E-state index contributed by atoms with van der Waals surface area (Å²) < 4.78 is 26.8. The largest absolute Gasteiger partial charge is 0.480 e. The summed E-state index contributed by atoms with van der Waals surface area (Å²) in [5.41, 5.74) is 2.59. The molecule has 0 heterocycles. The van der Waals surface area contributed by atoms with Gasteiger partial charge in [-0.25, -0.2) is 13.6 Å². The predicted molar refractivity (Wildman–Crippen MR) is 129 cm³/mol. The first-order valence-corrected chi connectivity index (χ1v) is 10.8. The number of carboxylic acid groups (broad SMARTS) is 1. The number of amides is 2. The smallest absolute Gasteiger partial charge is 0.326 e. The van der Waals surface area contributed by atoms with Crippen LogP contribution in [0.3, 0.4) is 0 Å². The van der Waals surface area contributed by atoms with Crippen molar-refractivity contribution in [2.45, 2.75) is 25.9 Å². The highest BCUT2D eigenvalue weighted by atomic mass is 19.1. The number of carbonyl (C=O) groups is 3. The van der Waals surface area contributed by atoms with Gasteiger partial charge in [0.2, 0.25) is 5.91 Å². The molecule has 0 saturated heterocycles. The van der Waals surface area contributed by atoms with Crippen LogP contribution in [-0.4, -0.2) is 46.9 Å². The fourth-order valence-corrected chi connectivity index (χ4v) is 3.25. The first-order chi connectivity index (χ1) is 16.6. The average Bonchev–Trinajstić information content (AvgIpc) is 2.84. The minimum Gasteiger partial charge on any atom is -0.480 e. The number of likely N-dealkylation sites (N-methyl/N-ethyl adjacent to an activating group) is 1. The van der Waals surface area contributed by atoms with Crippen LogP contribution in [0.4, 0.5) is 20.2 Å². The van der Waals surface area contributed by atoms with E-state index in [1.54, 1.807) is 55.5 Å². The zero-order valence-corrected chi connectivity index (χ0v) is 19.4. The minimum atomic E-state index is -1.09. The maximum atomic E-state index is 13.8. The van der Waals surface area contributed by atoms with Gasteiger partial charge in [0, 0.05) is 24.4 Å². The van der Waals surface area contributed by atoms with Gasteiger partial charge in [0.1, 0.15) is 23.7 Å². The molecule has 0 fully saturated rings. The topological polar surface area (TPSA) is 98.7 Å². The number of carboxylic acids is 1. The van der Waals surface area contributed by atoms with Crippen LogP contribution in [0.1, 0.15) is 24.2 Å². The first-order valence-electron chi connectivity index (χ1n) is 10.8. The zero-order valence-electron chi connectivity index (χ0n) is 19.4. The summed E-state index contributed by atoms with van der Waals surface area (Å²) in [7, 11) is 1.44. The molecule has 0 bridgehead atoms. The van der Waals surface area contributed by atoms with E-state index < -0.39 is 41.5 Å². The van der Waals surface area contributed by atoms with E-state index in [2.05, 4.69) is 10.6 Å². The fourth-order valence-electron chi connectivity index (χ4n) is 3.25. The van der Waals surface area contributed by atoms with Crippen molar-refractivity contribution in [3.05, 3.63) is 83.9 Å². The van der Waals surface area contributed by atoms with Gasteiger partial charge in [-0.2, -0.15) is 0 Å². The molecule has 7 nitrogen and oxygen atoms in total. The second-order valence-electron chi connectivity index (χ2n) is 8.06. The summed E-state index contributed by atoms with van der Waals surface area (Å²) >= 11 is 0. The van der Waals surface area contributed by atoms with Gasteiger partial charge < -0.3 is 20.6 Å². The van der Waals surface area contributed by atoms with Crippen LogP contribution < -0.4 is 10.6 Å². The summed E-state index contributed by atoms with van der Waals surface area (Å²) in [6.07, 6.45) is 0. The number of hydrogen-bond donors (Lipinski definition) is 3. The van der Waals surface area contributed by atoms with Gasteiger partial charge in [-0.3, -0.25) is 9.59 Å². The first kappa shape index (κ1) is 25.4. The molecule has 35 heavy (non-hydrogen) atoms. The molecule has 2 atom stereocenters. The average molecular weight is 481 g/mol. The van der Waals surface area contributed by atoms with Crippen LogP contribution in [0.2, 0.25) is 0 Å². The Hall–Kier alpha value is -4.27. The van der Waals surface area contributed by atoms with Crippen molar-refractivity contribution in [1.82, 2.24) is 4.90 Å². The number of hydrogen-bond acceptors (Lipinski definition) is 4. The van der Waals surface area contributed by atoms with Gasteiger partial charge in [0.25, 0.3) is 5.91 Å². The highest BCUT2D eigenvalue weighted by Gasteiger charge is 2.22. The summed E-state index contributed by atoms with van der Waals surface area (Å²) in [4.78, 5) is 37.2. The summed E-state index contributed by atoms with van der Waals surface area (Å²) in [6, 6.07) is 15.1. The van der Waals surface area contributed by atoms with Gasteiger partial charge in [0.15, 0.2) is 0 Å². The molecule has 182 valence electrons. The third kappa shape index (κ3) is 6.20. The zero-order chi connectivity index (χ0) is 25.7. The van der Waals surface area contributed by atoms with Gasteiger partial charge >= 0.3 is 5.97 Å². The molecule has 3 aromatic carbocycles. The number of rotatable bonds is 8. The van der Waals surface area contributed by atoms with Crippen LogP contribution in [0, 0.1) is 11.6 Å². The Morgan fingerprint density at radius 1 is 0.886 bits per heavy atom. The Morgan fingerprint density at radius 2 is 1.46 bits per heavy atom. The number of nitrogens with zero attached hydrogens (tertiary/aromatic N) is 1. The van der Waals surface area contributed by atoms with E-state index in [1.165, 1.54) is 20.0 Å². The lowest BCUT2D eigenvalue weighted by atomic mass is 10.0. The van der Waals surface area contributed by atoms with Crippen molar-refractivity contribution in [2.24, 2.45) is 0 Å². The van der Waals surface area contributed by atoms with Crippen molar-refractivity contribution in [2.75, 3.05) is 17.7 Å². The lowest BCUT2D eigenvalue weighted by Crippen LogP contribution is -2.40. The van der Waals surface area contributed by atoms with E-state index in [9.17, 15) is 23.2 Å². The highest BCUT2D eigenvalue weighted by molar-refractivity contribution is 5.97. The number of benzene rings is 3. The van der Waals surface area contributed by atoms with Crippen molar-refractivity contribution in [3.63, 3.8) is 0 Å². The molecule has 0 aliphatic heterocycles. The molecular weight excluding hydrogens is 456 g/mol. The number of carbonyl (C=O) groups excluding carboxylic acids is 2. The molecule has 0 radical (unpaired) electrons. The second kappa shape index (κ2) is 10.8. The Kier molecular flexibility index (Phi) is 7.80. The Labute approximate surface area is 201 Å². The van der Waals surface area contributed by atoms with Crippen LogP contribution >= 0.6 is 0 Å². The fraction of sp³-hybridized carbons (Fsp3) is 0.192. The third-order valence-electron chi connectivity index (χ3n) is 5.57. The molecule has 0 aliphatic carbocycles. The molecule has 0 aromatic heterocycles. The van der Waals surface area contributed by atoms with Crippen molar-refractivity contribution >= 4 is 29.2 Å². The number of halogens is 2. The van der Waals surface area contributed by atoms with Crippen molar-refractivity contribution in [1.29, 1.82) is 0 Å². The number of aliphatic carboxylic acids is 1. The summed E-state index contributed by atoms with van der Waals surface area (Å²) in [5.74, 6) is -3.37. The summed E-state index contributed by atoms with van der Waals surface area (Å²) in [5, 5.41) is 14.5. The van der Waals surface area contributed by atoms with Crippen LogP contribution in [0.25, 0.3) is 11.1 Å². The van der Waals surface area contributed by atoms with Gasteiger partial charge in [-0.05, 0) is 61.4 Å². The van der Waals surface area contributed by atoms with E-state index in [0.29, 0.717) is 11.3 Å². The maximum Gasteiger partial charge on any atom is 0.326 e. The molecule has 2 amide bonds. The molecule has 9 heteroatoms. The van der Waals surface area contributed by atoms with E-state index in [0.717, 1.165) is 28.2 Å². The van der Waals surface area contributed by atoms with Crippen molar-refractivity contribution in [3.8, 4) is 11.1 Å². The molecule has 0 saturated carbocycles. The summed E-state index contributed by atoms with van der Waals surface area (Å²) in [6.45, 7) is 3.00. The van der Waals surface area contributed by atoms with E-state index in [4.69, 9.17) is 5.11 Å². The van der Waals surface area contributed by atoms with Crippen LogP contribution in [-0.2, 0) is 9.59 Å². The Bertz CT molecular complexity index is 1230. The van der Waals surface area contributed by atoms with Crippen LogP contribution in [0.15, 0.2) is 66.7 Å². The van der Waals surface area contributed by atoms with Gasteiger partial charge in [-0.15, -0.1) is 0 Å². The maximum absolute atomic E-state index is 13.8. The lowest BCUT2D eigenvalue weighted by Gasteiger charge is -2.21. The molecule has 0 unspecified atom stereocenters. The van der Waals surface area contributed by atoms with E-state index >= 15 is 0 Å². The van der Waals surface area contributed by atoms with E-state index in [1.807, 2.05) is 0 Å². The van der Waals surface area contributed by atoms with Crippen molar-refractivity contribution < 1.29 is 28.3 Å². The quantitative estimate of drug-likeness (QED) is 0.436. The van der Waals surface area contributed by atoms with Crippen LogP contribution in [0.5, 0.6) is 0 Å². The monoisotopic (exact) mass is 481 g/mol. The molecule has 3 rings (SSSR count). The molecule has 0 spiro atoms. The SMILES string of the molecule is C[C@H](Nc1ccc(F)cc1F)C(=O)Nc1ccc(-c2ccc(C(=O)N(C)[C@@H](C)C(=O)O)cc2)cc1. The van der Waals surface area contributed by atoms with E-state index in [-0.39, 0.29) is 5.69 Å². The predicted octanol–water partition coefficient (Wildman–Crippen LogP) is 4.62. The lowest BCUT2D eigenvalue weighted by molar-refractivity contribution is -0.141. The minimum absolute atomic E-state index is 0.0231. The standard InChI is InChI=1S/C26H25F2N3O4/c1-15(29-23-13-10-20(27)14-22(23)28)24(32)30-21-11-8-18(9-12-21)17-4-6-19(7-5-17)25(33)31(3)16(2)26(34)35/h4-16,29H,1-3H3,(H,30,32)(H,34,35)/t15-,16-/m0/s1. The number of nitrogens with one attached hydrogen (secondary N) is 2. The Morgan fingerprint density at radius 3 is 2.00 bits per heavy atom. The molecule has 3 N–H and O–H groups in total. The molecule has 3 aromatic rings. The van der Waals surface area contributed by atoms with Gasteiger partial charge in [0.05, 0.1) is 5.69 Å². The highest BCUT2D eigenvalue weighted by Crippen LogP contribution is 2.23. The third-order valence-corrected chi connectivity index (χ3v) is 5.57. The normalized spacial score (nSPS) is 12.4. The molecule has 0 aliphatic rings. The second-order valence-corrected chi connectivity index (χ2v) is 8.06.